The summed E-state index contributed by atoms with van der Waals surface area (Å²) in [7, 11) is 0. The van der Waals surface area contributed by atoms with E-state index in [0.29, 0.717) is 20.8 Å². The monoisotopic (exact) mass is 452 g/mol. The molecule has 3 aromatic rings. The molecule has 0 fully saturated rings. The van der Waals surface area contributed by atoms with Crippen LogP contribution in [0, 0.1) is 0 Å². The Labute approximate surface area is 167 Å². The van der Waals surface area contributed by atoms with Crippen LogP contribution >= 0.6 is 50.9 Å². The Hall–Kier alpha value is -1.40. The molecule has 2 aromatic carbocycles. The van der Waals surface area contributed by atoms with Gasteiger partial charge in [-0.2, -0.15) is 0 Å². The molecule has 1 heterocycles. The molecule has 3 rings (SSSR count). The van der Waals surface area contributed by atoms with Crippen LogP contribution in [0.1, 0.15) is 10.4 Å². The number of hydrogen-bond acceptors (Lipinski definition) is 4. The van der Waals surface area contributed by atoms with E-state index >= 15 is 0 Å². The van der Waals surface area contributed by atoms with Crippen LogP contribution in [0.5, 0.6) is 0 Å². The van der Waals surface area contributed by atoms with Gasteiger partial charge >= 0.3 is 0 Å². The van der Waals surface area contributed by atoms with Crippen LogP contribution in [-0.4, -0.2) is 21.5 Å². The standard InChI is InChI=1S/C18H11BrCl2N2OS/c19-12-3-1-11(2-4-12)16-7-8-22-18(23-16)25-10-17(24)14-6-5-13(20)9-15(14)21/h1-9H,10H2. The second-order valence-corrected chi connectivity index (χ2v) is 7.77. The molecule has 0 N–H and O–H groups in total. The number of rotatable bonds is 5. The number of carbonyl (C=O) groups is 1. The van der Waals surface area contributed by atoms with E-state index < -0.39 is 0 Å². The van der Waals surface area contributed by atoms with Crippen molar-refractivity contribution in [2.45, 2.75) is 5.16 Å². The molecular weight excluding hydrogens is 443 g/mol. The third-order valence-corrected chi connectivity index (χ3v) is 5.28. The first-order valence-corrected chi connectivity index (χ1v) is 9.76. The SMILES string of the molecule is O=C(CSc1nccc(-c2ccc(Br)cc2)n1)c1ccc(Cl)cc1Cl. The number of benzene rings is 2. The van der Waals surface area contributed by atoms with Crippen molar-refractivity contribution in [2.75, 3.05) is 5.75 Å². The van der Waals surface area contributed by atoms with Crippen LogP contribution in [-0.2, 0) is 0 Å². The summed E-state index contributed by atoms with van der Waals surface area (Å²) in [4.78, 5) is 21.1. The second kappa shape index (κ2) is 8.32. The lowest BCUT2D eigenvalue weighted by atomic mass is 10.1. The van der Waals surface area contributed by atoms with Gasteiger partial charge in [0.15, 0.2) is 10.9 Å². The van der Waals surface area contributed by atoms with Crippen molar-refractivity contribution in [3.63, 3.8) is 0 Å². The fourth-order valence-electron chi connectivity index (χ4n) is 2.12. The number of nitrogens with zero attached hydrogens (tertiary/aromatic N) is 2. The average molecular weight is 454 g/mol. The summed E-state index contributed by atoms with van der Waals surface area (Å²) in [6.07, 6.45) is 1.69. The van der Waals surface area contributed by atoms with Gasteiger partial charge in [-0.15, -0.1) is 0 Å². The zero-order chi connectivity index (χ0) is 17.8. The molecule has 0 unspecified atom stereocenters. The van der Waals surface area contributed by atoms with Crippen molar-refractivity contribution in [1.29, 1.82) is 0 Å². The minimum atomic E-state index is -0.0932. The van der Waals surface area contributed by atoms with E-state index in [1.54, 1.807) is 24.4 Å². The molecule has 0 spiro atoms. The number of Topliss-reactive ketones (excluding diaryl/α,β-unsaturated/α-hetero) is 1. The molecule has 0 saturated carbocycles. The predicted octanol–water partition coefficient (Wildman–Crippen LogP) is 6.19. The van der Waals surface area contributed by atoms with Crippen molar-refractivity contribution in [3.05, 3.63) is 74.8 Å². The lowest BCUT2D eigenvalue weighted by Gasteiger charge is -2.05. The summed E-state index contributed by atoms with van der Waals surface area (Å²) >= 11 is 16.6. The molecule has 0 radical (unpaired) electrons. The number of hydrogen-bond donors (Lipinski definition) is 0. The summed E-state index contributed by atoms with van der Waals surface area (Å²) in [5.74, 6) is 0.106. The molecule has 1 aromatic heterocycles. The fraction of sp³-hybridized carbons (Fsp3) is 0.0556. The average Bonchev–Trinajstić information content (AvgIpc) is 2.60. The number of thioether (sulfide) groups is 1. The lowest BCUT2D eigenvalue weighted by molar-refractivity contribution is 0.102. The molecular formula is C18H11BrCl2N2OS. The summed E-state index contributed by atoms with van der Waals surface area (Å²) in [5.41, 5.74) is 2.24. The van der Waals surface area contributed by atoms with Gasteiger partial charge in [0.25, 0.3) is 0 Å². The van der Waals surface area contributed by atoms with Crippen LogP contribution in [0.2, 0.25) is 10.0 Å². The Balaban J connectivity index is 1.72. The number of halogens is 3. The fourth-order valence-corrected chi connectivity index (χ4v) is 3.61. The van der Waals surface area contributed by atoms with E-state index in [1.807, 2.05) is 30.3 Å². The van der Waals surface area contributed by atoms with Crippen LogP contribution in [0.25, 0.3) is 11.3 Å². The van der Waals surface area contributed by atoms with Gasteiger partial charge in [-0.1, -0.05) is 63.0 Å². The summed E-state index contributed by atoms with van der Waals surface area (Å²) in [6, 6.07) is 14.5. The maximum absolute atomic E-state index is 12.3. The van der Waals surface area contributed by atoms with Crippen LogP contribution in [0.15, 0.2) is 64.4 Å². The highest BCUT2D eigenvalue weighted by Gasteiger charge is 2.12. The third kappa shape index (κ3) is 4.82. The van der Waals surface area contributed by atoms with E-state index in [4.69, 9.17) is 23.2 Å². The zero-order valence-corrected chi connectivity index (χ0v) is 16.7. The molecule has 0 aliphatic carbocycles. The number of ketones is 1. The van der Waals surface area contributed by atoms with Crippen LogP contribution in [0.4, 0.5) is 0 Å². The Kier molecular flexibility index (Phi) is 6.12. The van der Waals surface area contributed by atoms with E-state index in [2.05, 4.69) is 25.9 Å². The molecule has 0 saturated heterocycles. The first-order chi connectivity index (χ1) is 12.0. The van der Waals surface area contributed by atoms with E-state index in [1.165, 1.54) is 11.8 Å². The van der Waals surface area contributed by atoms with Crippen molar-refractivity contribution < 1.29 is 4.79 Å². The maximum atomic E-state index is 12.3. The Morgan fingerprint density at radius 2 is 1.84 bits per heavy atom. The van der Waals surface area contributed by atoms with Gasteiger partial charge in [0.1, 0.15) is 0 Å². The highest BCUT2D eigenvalue weighted by Crippen LogP contribution is 2.25. The Morgan fingerprint density at radius 1 is 1.08 bits per heavy atom. The van der Waals surface area contributed by atoms with Gasteiger partial charge in [-0.25, -0.2) is 9.97 Å². The Morgan fingerprint density at radius 3 is 2.56 bits per heavy atom. The van der Waals surface area contributed by atoms with E-state index in [9.17, 15) is 4.79 Å². The highest BCUT2D eigenvalue weighted by molar-refractivity contribution is 9.10. The van der Waals surface area contributed by atoms with Crippen LogP contribution in [0.3, 0.4) is 0 Å². The molecule has 0 amide bonds. The largest absolute Gasteiger partial charge is 0.293 e. The Bertz CT molecular complexity index is 919. The first kappa shape index (κ1) is 18.4. The summed E-state index contributed by atoms with van der Waals surface area (Å²) in [6.45, 7) is 0. The van der Waals surface area contributed by atoms with Crippen molar-refractivity contribution in [2.24, 2.45) is 0 Å². The summed E-state index contributed by atoms with van der Waals surface area (Å²) in [5, 5.41) is 1.39. The van der Waals surface area contributed by atoms with Crippen molar-refractivity contribution in [1.82, 2.24) is 9.97 Å². The zero-order valence-electron chi connectivity index (χ0n) is 12.7. The van der Waals surface area contributed by atoms with E-state index in [0.717, 1.165) is 15.7 Å². The van der Waals surface area contributed by atoms with Gasteiger partial charge in [0.2, 0.25) is 0 Å². The lowest BCUT2D eigenvalue weighted by Crippen LogP contribution is -2.04. The molecule has 0 bridgehead atoms. The molecule has 25 heavy (non-hydrogen) atoms. The van der Waals surface area contributed by atoms with Crippen molar-refractivity contribution in [3.8, 4) is 11.3 Å². The maximum Gasteiger partial charge on any atom is 0.188 e. The minimum absolute atomic E-state index is 0.0932. The van der Waals surface area contributed by atoms with Gasteiger partial charge in [0.05, 0.1) is 16.5 Å². The molecule has 7 heteroatoms. The number of aromatic nitrogens is 2. The summed E-state index contributed by atoms with van der Waals surface area (Å²) < 4.78 is 1.00. The smallest absolute Gasteiger partial charge is 0.188 e. The predicted molar refractivity (Wildman–Crippen MR) is 107 cm³/mol. The second-order valence-electron chi connectivity index (χ2n) is 5.07. The molecule has 126 valence electrons. The van der Waals surface area contributed by atoms with Gasteiger partial charge < -0.3 is 0 Å². The van der Waals surface area contributed by atoms with Crippen molar-refractivity contribution >= 4 is 56.7 Å². The molecule has 0 aliphatic heterocycles. The van der Waals surface area contributed by atoms with Gasteiger partial charge in [-0.05, 0) is 36.4 Å². The van der Waals surface area contributed by atoms with Gasteiger partial charge in [-0.3, -0.25) is 4.79 Å². The third-order valence-electron chi connectivity index (χ3n) is 3.34. The quantitative estimate of drug-likeness (QED) is 0.262. The first-order valence-electron chi connectivity index (χ1n) is 7.23. The molecule has 3 nitrogen and oxygen atoms in total. The minimum Gasteiger partial charge on any atom is -0.293 e. The van der Waals surface area contributed by atoms with E-state index in [-0.39, 0.29) is 11.5 Å². The van der Waals surface area contributed by atoms with Gasteiger partial charge in [0, 0.05) is 26.8 Å². The highest BCUT2D eigenvalue weighted by atomic mass is 79.9. The molecule has 0 atom stereocenters. The number of carbonyl (C=O) groups excluding carboxylic acids is 1. The topological polar surface area (TPSA) is 42.9 Å². The molecule has 0 aliphatic rings. The van der Waals surface area contributed by atoms with Crippen LogP contribution < -0.4 is 0 Å². The normalized spacial score (nSPS) is 10.7.